The zero-order valence-electron chi connectivity index (χ0n) is 16.2. The van der Waals surface area contributed by atoms with Crippen molar-refractivity contribution in [2.24, 2.45) is 0 Å². The lowest BCUT2D eigenvalue weighted by Gasteiger charge is -2.30. The minimum Gasteiger partial charge on any atom is -0.372 e. The summed E-state index contributed by atoms with van der Waals surface area (Å²) in [5.41, 5.74) is 5.02. The fourth-order valence-corrected chi connectivity index (χ4v) is 4.58. The third-order valence-corrected chi connectivity index (χ3v) is 6.03. The Bertz CT molecular complexity index is 780. The quantitative estimate of drug-likeness (QED) is 0.856. The van der Waals surface area contributed by atoms with Crippen LogP contribution in [0.2, 0.25) is 0 Å². The molecule has 1 fully saturated rings. The highest BCUT2D eigenvalue weighted by atomic mass is 16.2. The number of likely N-dealkylation sites (N-methyl/N-ethyl adjacent to an activating group) is 1. The minimum atomic E-state index is 0.0875. The molecule has 0 spiro atoms. The summed E-state index contributed by atoms with van der Waals surface area (Å²) in [5, 5.41) is 3.08. The molecule has 1 unspecified atom stereocenters. The molecule has 0 bridgehead atoms. The number of carbonyl (C=O) groups is 1. The van der Waals surface area contributed by atoms with Crippen LogP contribution in [0, 0.1) is 0 Å². The zero-order valence-corrected chi connectivity index (χ0v) is 16.2. The van der Waals surface area contributed by atoms with E-state index in [1.54, 1.807) is 0 Å². The zero-order chi connectivity index (χ0) is 18.6. The summed E-state index contributed by atoms with van der Waals surface area (Å²) in [7, 11) is 2.14. The van der Waals surface area contributed by atoms with Crippen LogP contribution in [0.1, 0.15) is 42.9 Å². The standard InChI is InChI=1S/C23H29N3O/c1-25(22-10-6-8-18-7-2-3-9-21(18)22)17-23(27)24-19-11-13-20(14-12-19)26-15-4-5-16-26/h2-3,7,9,11-14,22H,4-6,8,10,15-17H2,1H3,(H,24,27)/p+1/t22-/m0/s1. The number of carbonyl (C=O) groups excluding carboxylic acids is 1. The van der Waals surface area contributed by atoms with E-state index in [9.17, 15) is 4.79 Å². The number of hydrogen-bond acceptors (Lipinski definition) is 2. The van der Waals surface area contributed by atoms with Gasteiger partial charge in [0.25, 0.3) is 5.91 Å². The van der Waals surface area contributed by atoms with Crippen molar-refractivity contribution >= 4 is 17.3 Å². The van der Waals surface area contributed by atoms with Crippen molar-refractivity contribution in [3.63, 3.8) is 0 Å². The number of fused-ring (bicyclic) bond motifs is 1. The summed E-state index contributed by atoms with van der Waals surface area (Å²) in [4.78, 5) is 16.3. The van der Waals surface area contributed by atoms with Gasteiger partial charge >= 0.3 is 0 Å². The predicted octanol–water partition coefficient (Wildman–Crippen LogP) is 2.82. The molecule has 0 radical (unpaired) electrons. The average molecular weight is 365 g/mol. The summed E-state index contributed by atoms with van der Waals surface area (Å²) in [6.45, 7) is 2.78. The van der Waals surface area contributed by atoms with Gasteiger partial charge in [-0.1, -0.05) is 24.3 Å². The minimum absolute atomic E-state index is 0.0875. The SMILES string of the molecule is C[NH+](CC(=O)Nc1ccc(N2CCCC2)cc1)[C@H]1CCCc2ccccc21. The molecular weight excluding hydrogens is 334 g/mol. The first-order chi connectivity index (χ1) is 13.2. The molecule has 4 rings (SSSR count). The van der Waals surface area contributed by atoms with Crippen LogP contribution in [0.4, 0.5) is 11.4 Å². The van der Waals surface area contributed by atoms with Gasteiger partial charge in [0.1, 0.15) is 6.04 Å². The third-order valence-electron chi connectivity index (χ3n) is 6.03. The van der Waals surface area contributed by atoms with Crippen molar-refractivity contribution < 1.29 is 9.69 Å². The predicted molar refractivity (Wildman–Crippen MR) is 110 cm³/mol. The molecule has 2 aromatic carbocycles. The molecular formula is C23H30N3O+. The Balaban J connectivity index is 1.35. The second-order valence-corrected chi connectivity index (χ2v) is 7.96. The highest BCUT2D eigenvalue weighted by molar-refractivity contribution is 5.91. The lowest BCUT2D eigenvalue weighted by Crippen LogP contribution is -3.10. The molecule has 0 saturated carbocycles. The van der Waals surface area contributed by atoms with Crippen molar-refractivity contribution in [3.8, 4) is 0 Å². The van der Waals surface area contributed by atoms with E-state index < -0.39 is 0 Å². The molecule has 1 saturated heterocycles. The topological polar surface area (TPSA) is 36.8 Å². The lowest BCUT2D eigenvalue weighted by molar-refractivity contribution is -0.905. The molecule has 1 aliphatic heterocycles. The van der Waals surface area contributed by atoms with Crippen molar-refractivity contribution in [2.75, 3.05) is 36.9 Å². The Morgan fingerprint density at radius 2 is 1.81 bits per heavy atom. The first-order valence-electron chi connectivity index (χ1n) is 10.3. The number of amides is 1. The van der Waals surface area contributed by atoms with Crippen molar-refractivity contribution in [1.29, 1.82) is 0 Å². The molecule has 27 heavy (non-hydrogen) atoms. The van der Waals surface area contributed by atoms with Gasteiger partial charge in [0.15, 0.2) is 6.54 Å². The van der Waals surface area contributed by atoms with Crippen molar-refractivity contribution in [1.82, 2.24) is 0 Å². The van der Waals surface area contributed by atoms with Crippen LogP contribution in [0.25, 0.3) is 0 Å². The number of quaternary nitrogens is 1. The van der Waals surface area contributed by atoms with Gasteiger partial charge in [-0.2, -0.15) is 0 Å². The molecule has 1 heterocycles. The molecule has 2 atom stereocenters. The second-order valence-electron chi connectivity index (χ2n) is 7.96. The molecule has 2 aromatic rings. The number of anilines is 2. The normalized spacial score (nSPS) is 20.2. The third kappa shape index (κ3) is 4.16. The Labute approximate surface area is 162 Å². The van der Waals surface area contributed by atoms with Gasteiger partial charge in [0.2, 0.25) is 0 Å². The summed E-state index contributed by atoms with van der Waals surface area (Å²) >= 11 is 0. The molecule has 1 amide bonds. The van der Waals surface area contributed by atoms with Gasteiger partial charge < -0.3 is 15.1 Å². The second kappa shape index (κ2) is 8.13. The Kier molecular flexibility index (Phi) is 5.44. The Hall–Kier alpha value is -2.33. The van der Waals surface area contributed by atoms with Crippen molar-refractivity contribution in [2.45, 2.75) is 38.1 Å². The largest absolute Gasteiger partial charge is 0.372 e. The number of nitrogens with one attached hydrogen (secondary N) is 2. The fraction of sp³-hybridized carbons (Fsp3) is 0.435. The Morgan fingerprint density at radius 3 is 2.59 bits per heavy atom. The summed E-state index contributed by atoms with van der Waals surface area (Å²) in [5.74, 6) is 0.0875. The number of aryl methyl sites for hydroxylation is 1. The van der Waals surface area contributed by atoms with Crippen LogP contribution in [0.5, 0.6) is 0 Å². The number of nitrogens with zero attached hydrogens (tertiary/aromatic N) is 1. The van der Waals surface area contributed by atoms with Gasteiger partial charge in [0.05, 0.1) is 7.05 Å². The first-order valence-corrected chi connectivity index (χ1v) is 10.3. The van der Waals surface area contributed by atoms with Crippen LogP contribution in [0.15, 0.2) is 48.5 Å². The smallest absolute Gasteiger partial charge is 0.279 e. The molecule has 0 aromatic heterocycles. The van der Waals surface area contributed by atoms with Gasteiger partial charge in [-0.05, 0) is 55.5 Å². The van der Waals surface area contributed by atoms with E-state index in [4.69, 9.17) is 0 Å². The van der Waals surface area contributed by atoms with E-state index in [2.05, 4.69) is 53.7 Å². The number of benzene rings is 2. The molecule has 142 valence electrons. The summed E-state index contributed by atoms with van der Waals surface area (Å²) < 4.78 is 0. The maximum absolute atomic E-state index is 12.6. The summed E-state index contributed by atoms with van der Waals surface area (Å²) in [6, 6.07) is 17.4. The van der Waals surface area contributed by atoms with Gasteiger partial charge in [-0.15, -0.1) is 0 Å². The van der Waals surface area contributed by atoms with Crippen molar-refractivity contribution in [3.05, 3.63) is 59.7 Å². The highest BCUT2D eigenvalue weighted by Gasteiger charge is 2.27. The van der Waals surface area contributed by atoms with Crippen LogP contribution in [-0.4, -0.2) is 32.6 Å². The maximum atomic E-state index is 12.6. The van der Waals surface area contributed by atoms with E-state index in [1.807, 2.05) is 12.1 Å². The Morgan fingerprint density at radius 1 is 1.07 bits per heavy atom. The van der Waals surface area contributed by atoms with Crippen LogP contribution < -0.4 is 15.1 Å². The van der Waals surface area contributed by atoms with E-state index >= 15 is 0 Å². The van der Waals surface area contributed by atoms with Gasteiger partial charge in [-0.25, -0.2) is 0 Å². The van der Waals surface area contributed by atoms with Gasteiger partial charge in [-0.3, -0.25) is 4.79 Å². The number of rotatable bonds is 5. The average Bonchev–Trinajstić information content (AvgIpc) is 3.23. The lowest BCUT2D eigenvalue weighted by atomic mass is 9.87. The molecule has 1 aliphatic carbocycles. The summed E-state index contributed by atoms with van der Waals surface area (Å²) in [6.07, 6.45) is 6.07. The molecule has 2 aliphatic rings. The monoisotopic (exact) mass is 364 g/mol. The molecule has 2 N–H and O–H groups in total. The molecule has 4 nitrogen and oxygen atoms in total. The van der Waals surface area contributed by atoms with E-state index in [0.29, 0.717) is 12.6 Å². The van der Waals surface area contributed by atoms with Crippen LogP contribution in [0.3, 0.4) is 0 Å². The van der Waals surface area contributed by atoms with E-state index in [-0.39, 0.29) is 5.91 Å². The van der Waals surface area contributed by atoms with E-state index in [1.165, 1.54) is 41.0 Å². The molecule has 4 heteroatoms. The van der Waals surface area contributed by atoms with Crippen LogP contribution in [-0.2, 0) is 11.2 Å². The van der Waals surface area contributed by atoms with E-state index in [0.717, 1.165) is 31.6 Å². The first kappa shape index (κ1) is 18.1. The fourth-order valence-electron chi connectivity index (χ4n) is 4.58. The van der Waals surface area contributed by atoms with Crippen LogP contribution >= 0.6 is 0 Å². The maximum Gasteiger partial charge on any atom is 0.279 e. The van der Waals surface area contributed by atoms with Gasteiger partial charge in [0, 0.05) is 36.4 Å². The number of hydrogen-bond donors (Lipinski definition) is 2. The highest BCUT2D eigenvalue weighted by Crippen LogP contribution is 2.27.